The molecule has 0 aromatic rings. The number of hydrogen-bond donors (Lipinski definition) is 1. The summed E-state index contributed by atoms with van der Waals surface area (Å²) in [6, 6.07) is 0.613. The van der Waals surface area contributed by atoms with E-state index < -0.39 is 5.60 Å². The predicted octanol–water partition coefficient (Wildman–Crippen LogP) is 1.67. The number of rotatable bonds is 1. The van der Waals surface area contributed by atoms with Gasteiger partial charge in [0.05, 0.1) is 18.5 Å². The van der Waals surface area contributed by atoms with E-state index in [2.05, 4.69) is 4.90 Å². The van der Waals surface area contributed by atoms with Gasteiger partial charge in [0.2, 0.25) is 0 Å². The Morgan fingerprint density at radius 1 is 1.38 bits per heavy atom. The minimum atomic E-state index is -0.564. The second kappa shape index (κ2) is 4.04. The molecular weight excluding hydrogens is 202 g/mol. The highest BCUT2D eigenvalue weighted by molar-refractivity contribution is 5.19. The van der Waals surface area contributed by atoms with Crippen molar-refractivity contribution in [3.8, 4) is 0 Å². The molecule has 3 aliphatic heterocycles. The molecule has 0 aliphatic carbocycles. The van der Waals surface area contributed by atoms with Crippen LogP contribution < -0.4 is 0 Å². The van der Waals surface area contributed by atoms with Gasteiger partial charge in [-0.2, -0.15) is 0 Å². The topological polar surface area (TPSA) is 32.7 Å². The van der Waals surface area contributed by atoms with Gasteiger partial charge in [-0.1, -0.05) is 0 Å². The molecule has 3 heterocycles. The molecule has 0 spiro atoms. The van der Waals surface area contributed by atoms with E-state index >= 15 is 0 Å². The van der Waals surface area contributed by atoms with Gasteiger partial charge >= 0.3 is 0 Å². The molecule has 3 aliphatic rings. The first kappa shape index (κ1) is 10.6. The van der Waals surface area contributed by atoms with Gasteiger partial charge in [0, 0.05) is 12.6 Å². The lowest BCUT2D eigenvalue weighted by atomic mass is 9.79. The largest absolute Gasteiger partial charge is 0.501 e. The van der Waals surface area contributed by atoms with Gasteiger partial charge in [-0.3, -0.25) is 0 Å². The number of hydrogen-bond acceptors (Lipinski definition) is 3. The third-order valence-electron chi connectivity index (χ3n) is 4.42. The van der Waals surface area contributed by atoms with Crippen molar-refractivity contribution in [1.29, 1.82) is 0 Å². The Bertz CT molecular complexity index is 302. The van der Waals surface area contributed by atoms with Gasteiger partial charge in [-0.25, -0.2) is 0 Å². The molecule has 0 aromatic heterocycles. The minimum absolute atomic E-state index is 0.564. The van der Waals surface area contributed by atoms with Gasteiger partial charge in [0.15, 0.2) is 0 Å². The third-order valence-corrected chi connectivity index (χ3v) is 4.42. The summed E-state index contributed by atoms with van der Waals surface area (Å²) in [5.74, 6) is 0. The summed E-state index contributed by atoms with van der Waals surface area (Å²) >= 11 is 0. The van der Waals surface area contributed by atoms with Crippen LogP contribution in [0.4, 0.5) is 0 Å². The minimum Gasteiger partial charge on any atom is -0.501 e. The van der Waals surface area contributed by atoms with Crippen molar-refractivity contribution in [2.24, 2.45) is 0 Å². The lowest BCUT2D eigenvalue weighted by Crippen LogP contribution is -2.49. The molecule has 2 fully saturated rings. The van der Waals surface area contributed by atoms with Crippen LogP contribution in [0.5, 0.6) is 0 Å². The van der Waals surface area contributed by atoms with E-state index in [1.54, 1.807) is 0 Å². The Hall–Kier alpha value is -0.540. The third kappa shape index (κ3) is 1.76. The number of nitrogens with zero attached hydrogens (tertiary/aromatic N) is 1. The van der Waals surface area contributed by atoms with Gasteiger partial charge in [0.25, 0.3) is 0 Å². The number of piperidine rings is 1. The maximum atomic E-state index is 10.8. The predicted molar refractivity (Wildman–Crippen MR) is 62.0 cm³/mol. The lowest BCUT2D eigenvalue weighted by molar-refractivity contribution is -0.0150. The van der Waals surface area contributed by atoms with Crippen LogP contribution in [-0.4, -0.2) is 41.3 Å². The molecule has 2 atom stereocenters. The van der Waals surface area contributed by atoms with Crippen LogP contribution >= 0.6 is 0 Å². The fourth-order valence-corrected chi connectivity index (χ4v) is 3.44. The van der Waals surface area contributed by atoms with E-state index in [1.807, 2.05) is 6.26 Å². The smallest absolute Gasteiger partial charge is 0.0916 e. The second-order valence-electron chi connectivity index (χ2n) is 5.44. The Balaban J connectivity index is 1.75. The van der Waals surface area contributed by atoms with Gasteiger partial charge in [-0.15, -0.1) is 0 Å². The van der Waals surface area contributed by atoms with Crippen molar-refractivity contribution in [3.05, 3.63) is 11.8 Å². The highest BCUT2D eigenvalue weighted by Gasteiger charge is 2.42. The van der Waals surface area contributed by atoms with Gasteiger partial charge in [0.1, 0.15) is 0 Å². The molecule has 0 amide bonds. The average molecular weight is 223 g/mol. The molecule has 3 heteroatoms. The van der Waals surface area contributed by atoms with Crippen LogP contribution in [0.3, 0.4) is 0 Å². The zero-order chi connectivity index (χ0) is 11.0. The van der Waals surface area contributed by atoms with Crippen molar-refractivity contribution < 1.29 is 9.84 Å². The van der Waals surface area contributed by atoms with Crippen LogP contribution in [0.15, 0.2) is 11.8 Å². The van der Waals surface area contributed by atoms with Crippen molar-refractivity contribution in [3.63, 3.8) is 0 Å². The zero-order valence-electron chi connectivity index (χ0n) is 9.82. The zero-order valence-corrected chi connectivity index (χ0v) is 9.82. The normalized spacial score (nSPS) is 40.1. The highest BCUT2D eigenvalue weighted by Crippen LogP contribution is 2.39. The fraction of sp³-hybridized carbons (Fsp3) is 0.846. The summed E-state index contributed by atoms with van der Waals surface area (Å²) in [5.41, 5.74) is 0.580. The maximum absolute atomic E-state index is 10.8. The van der Waals surface area contributed by atoms with Gasteiger partial charge in [-0.05, 0) is 50.6 Å². The maximum Gasteiger partial charge on any atom is 0.0916 e. The highest BCUT2D eigenvalue weighted by atomic mass is 16.5. The lowest BCUT2D eigenvalue weighted by Gasteiger charge is -2.42. The summed E-state index contributed by atoms with van der Waals surface area (Å²) in [7, 11) is 0. The molecule has 16 heavy (non-hydrogen) atoms. The molecular formula is C13H21NO2. The number of fused-ring (bicyclic) bond motifs is 1. The molecule has 1 N–H and O–H groups in total. The summed E-state index contributed by atoms with van der Waals surface area (Å²) in [6.07, 6.45) is 8.27. The quantitative estimate of drug-likeness (QED) is 0.734. The molecule has 0 bridgehead atoms. The Kier molecular flexibility index (Phi) is 2.68. The van der Waals surface area contributed by atoms with E-state index in [9.17, 15) is 5.11 Å². The summed E-state index contributed by atoms with van der Waals surface area (Å²) in [5, 5.41) is 10.8. The molecule has 2 saturated heterocycles. The Morgan fingerprint density at radius 2 is 2.31 bits per heavy atom. The summed E-state index contributed by atoms with van der Waals surface area (Å²) in [6.45, 7) is 3.10. The van der Waals surface area contributed by atoms with E-state index in [0.717, 1.165) is 44.4 Å². The van der Waals surface area contributed by atoms with E-state index in [4.69, 9.17) is 4.74 Å². The monoisotopic (exact) mass is 223 g/mol. The van der Waals surface area contributed by atoms with Crippen LogP contribution in [0.2, 0.25) is 0 Å². The molecule has 2 unspecified atom stereocenters. The fourth-order valence-electron chi connectivity index (χ4n) is 3.44. The molecule has 0 aromatic carbocycles. The Labute approximate surface area is 97.1 Å². The van der Waals surface area contributed by atoms with Gasteiger partial charge < -0.3 is 14.7 Å². The number of ether oxygens (including phenoxy) is 1. The van der Waals surface area contributed by atoms with E-state index in [1.165, 1.54) is 19.4 Å². The van der Waals surface area contributed by atoms with Crippen LogP contribution in [-0.2, 0) is 4.74 Å². The van der Waals surface area contributed by atoms with Crippen LogP contribution in [0.25, 0.3) is 0 Å². The van der Waals surface area contributed by atoms with E-state index in [0.29, 0.717) is 6.04 Å². The first-order valence-corrected chi connectivity index (χ1v) is 6.55. The molecule has 0 saturated carbocycles. The SMILES string of the molecule is OC1(C2=COCCC2)CCN2CCCC2C1. The molecule has 3 nitrogen and oxygen atoms in total. The average Bonchev–Trinajstić information content (AvgIpc) is 2.77. The summed E-state index contributed by atoms with van der Waals surface area (Å²) < 4.78 is 5.38. The van der Waals surface area contributed by atoms with Crippen molar-refractivity contribution in [1.82, 2.24) is 4.90 Å². The van der Waals surface area contributed by atoms with Crippen LogP contribution in [0.1, 0.15) is 38.5 Å². The first-order valence-electron chi connectivity index (χ1n) is 6.55. The van der Waals surface area contributed by atoms with Crippen molar-refractivity contribution in [2.45, 2.75) is 50.2 Å². The van der Waals surface area contributed by atoms with Crippen LogP contribution in [0, 0.1) is 0 Å². The molecule has 0 radical (unpaired) electrons. The van der Waals surface area contributed by atoms with Crippen molar-refractivity contribution >= 4 is 0 Å². The molecule has 90 valence electrons. The number of aliphatic hydroxyl groups is 1. The summed E-state index contributed by atoms with van der Waals surface area (Å²) in [4.78, 5) is 2.54. The van der Waals surface area contributed by atoms with Crippen molar-refractivity contribution in [2.75, 3.05) is 19.7 Å². The standard InChI is InChI=1S/C13H21NO2/c15-13(11-3-2-8-16-10-11)5-7-14-6-1-4-12(14)9-13/h10,12,15H,1-9H2. The second-order valence-corrected chi connectivity index (χ2v) is 5.44. The first-order chi connectivity index (χ1) is 7.78. The molecule has 3 rings (SSSR count). The van der Waals surface area contributed by atoms with E-state index in [-0.39, 0.29) is 0 Å². The Morgan fingerprint density at radius 3 is 3.12 bits per heavy atom.